The molecule has 0 unspecified atom stereocenters. The summed E-state index contributed by atoms with van der Waals surface area (Å²) in [7, 11) is -4.19. The summed E-state index contributed by atoms with van der Waals surface area (Å²) in [5.41, 5.74) is 2.05. The highest BCUT2D eigenvalue weighted by molar-refractivity contribution is 7.86. The molecule has 1 heterocycles. The second-order valence-electron chi connectivity index (χ2n) is 7.31. The fourth-order valence-corrected chi connectivity index (χ4v) is 4.00. The summed E-state index contributed by atoms with van der Waals surface area (Å²) in [6, 6.07) is 17.7. The molecule has 0 radical (unpaired) electrons. The molecule has 0 aliphatic carbocycles. The van der Waals surface area contributed by atoms with Gasteiger partial charge in [-0.15, -0.1) is 0 Å². The fraction of sp³-hybridized carbons (Fsp3) is 0.0833. The largest absolute Gasteiger partial charge is 0.384 e. The monoisotopic (exact) mass is 450 g/mol. The number of benzene rings is 3. The van der Waals surface area contributed by atoms with E-state index in [9.17, 15) is 13.2 Å². The van der Waals surface area contributed by atoms with Gasteiger partial charge in [-0.3, -0.25) is 4.79 Å². The molecule has 162 valence electrons. The van der Waals surface area contributed by atoms with E-state index in [1.807, 2.05) is 6.92 Å². The quantitative estimate of drug-likeness (QED) is 0.346. The van der Waals surface area contributed by atoms with Gasteiger partial charge in [-0.05, 0) is 44.2 Å². The van der Waals surface area contributed by atoms with Crippen LogP contribution in [0.4, 0.5) is 4.39 Å². The van der Waals surface area contributed by atoms with Crippen molar-refractivity contribution in [1.29, 1.82) is 0 Å². The minimum atomic E-state index is -4.19. The molecule has 0 spiro atoms. The highest BCUT2D eigenvalue weighted by Gasteiger charge is 2.18. The zero-order valence-electron chi connectivity index (χ0n) is 17.3. The topological polar surface area (TPSA) is 89.1 Å². The predicted molar refractivity (Wildman–Crippen MR) is 121 cm³/mol. The molecule has 0 saturated heterocycles. The molecule has 0 amide bonds. The molecule has 0 bridgehead atoms. The van der Waals surface area contributed by atoms with Crippen molar-refractivity contribution >= 4 is 26.8 Å². The first-order chi connectivity index (χ1) is 15.2. The lowest BCUT2D eigenvalue weighted by Crippen LogP contribution is -2.10. The van der Waals surface area contributed by atoms with Crippen molar-refractivity contribution in [2.24, 2.45) is 0 Å². The summed E-state index contributed by atoms with van der Waals surface area (Å²) in [6.07, 6.45) is 0.548. The number of aromatic nitrogens is 2. The van der Waals surface area contributed by atoms with E-state index in [2.05, 4.69) is 9.97 Å². The molecular formula is C24H19FN2O4S. The van der Waals surface area contributed by atoms with Crippen LogP contribution >= 0.6 is 0 Å². The van der Waals surface area contributed by atoms with Crippen molar-refractivity contribution in [3.05, 3.63) is 100 Å². The van der Waals surface area contributed by atoms with Crippen molar-refractivity contribution in [3.8, 4) is 11.4 Å². The summed E-state index contributed by atoms with van der Waals surface area (Å²) in [5.74, 6) is -0.760. The van der Waals surface area contributed by atoms with E-state index >= 15 is 4.39 Å². The smallest absolute Gasteiger partial charge is 0.338 e. The van der Waals surface area contributed by atoms with Crippen molar-refractivity contribution in [1.82, 2.24) is 9.97 Å². The molecule has 0 aliphatic rings. The number of nitrogens with one attached hydrogen (secondary N) is 1. The minimum Gasteiger partial charge on any atom is -0.384 e. The fourth-order valence-electron chi connectivity index (χ4n) is 3.21. The maximum Gasteiger partial charge on any atom is 0.338 e. The van der Waals surface area contributed by atoms with E-state index in [-0.39, 0.29) is 21.8 Å². The van der Waals surface area contributed by atoms with Crippen LogP contribution in [0.15, 0.2) is 82.7 Å². The third-order valence-electron chi connectivity index (χ3n) is 4.89. The number of aryl methyl sites for hydroxylation is 2. The number of rotatable bonds is 5. The molecule has 8 heteroatoms. The Balaban J connectivity index is 1.75. The molecule has 32 heavy (non-hydrogen) atoms. The summed E-state index contributed by atoms with van der Waals surface area (Å²) in [6.45, 7) is 3.59. The first-order valence-corrected chi connectivity index (χ1v) is 11.1. The zero-order valence-corrected chi connectivity index (χ0v) is 18.1. The van der Waals surface area contributed by atoms with Crippen molar-refractivity contribution < 1.29 is 17.0 Å². The van der Waals surface area contributed by atoms with Crippen LogP contribution in [0, 0.1) is 13.8 Å². The zero-order chi connectivity index (χ0) is 22.9. The maximum absolute atomic E-state index is 15.1. The third kappa shape index (κ3) is 4.31. The van der Waals surface area contributed by atoms with Crippen molar-refractivity contribution in [2.45, 2.75) is 18.7 Å². The Hall–Kier alpha value is -3.78. The molecular weight excluding hydrogens is 431 g/mol. The van der Waals surface area contributed by atoms with Crippen LogP contribution in [-0.2, 0) is 14.3 Å². The van der Waals surface area contributed by atoms with Gasteiger partial charge in [0.05, 0.1) is 10.9 Å². The van der Waals surface area contributed by atoms with Crippen molar-refractivity contribution in [3.63, 3.8) is 0 Å². The number of halogens is 1. The molecule has 0 fully saturated rings. The van der Waals surface area contributed by atoms with Gasteiger partial charge in [0.25, 0.3) is 5.56 Å². The van der Waals surface area contributed by atoms with Crippen LogP contribution in [0.1, 0.15) is 16.7 Å². The predicted octanol–water partition coefficient (Wildman–Crippen LogP) is 4.88. The lowest BCUT2D eigenvalue weighted by Gasteiger charge is -2.10. The summed E-state index contributed by atoms with van der Waals surface area (Å²) in [4.78, 5) is 19.5. The molecule has 6 nitrogen and oxygen atoms in total. The number of aromatic amines is 1. The van der Waals surface area contributed by atoms with Crippen molar-refractivity contribution in [2.75, 3.05) is 0 Å². The minimum absolute atomic E-state index is 0.0440. The Bertz CT molecular complexity index is 1510. The van der Waals surface area contributed by atoms with Gasteiger partial charge in [0.15, 0.2) is 5.83 Å². The third-order valence-corrected chi connectivity index (χ3v) is 6.09. The highest BCUT2D eigenvalue weighted by atomic mass is 32.2. The lowest BCUT2D eigenvalue weighted by molar-refractivity contribution is 0.439. The maximum atomic E-state index is 15.1. The Morgan fingerprint density at radius 3 is 2.44 bits per heavy atom. The Labute approximate surface area is 184 Å². The van der Waals surface area contributed by atoms with Gasteiger partial charge in [-0.25, -0.2) is 9.37 Å². The number of H-pyrrole nitrogens is 1. The van der Waals surface area contributed by atoms with Crippen LogP contribution in [0.25, 0.3) is 28.1 Å². The van der Waals surface area contributed by atoms with E-state index < -0.39 is 15.9 Å². The Kier molecular flexibility index (Phi) is 5.63. The Morgan fingerprint density at radius 1 is 1.00 bits per heavy atom. The summed E-state index contributed by atoms with van der Waals surface area (Å²) >= 11 is 0. The molecule has 0 atom stereocenters. The number of hydrogen-bond donors (Lipinski definition) is 1. The number of nitrogens with zero attached hydrogens (tertiary/aromatic N) is 1. The van der Waals surface area contributed by atoms with Gasteiger partial charge >= 0.3 is 10.1 Å². The van der Waals surface area contributed by atoms with E-state index in [4.69, 9.17) is 4.18 Å². The number of fused-ring (bicyclic) bond motifs is 1. The average Bonchev–Trinajstić information content (AvgIpc) is 2.78. The second-order valence-corrected chi connectivity index (χ2v) is 8.88. The molecule has 1 N–H and O–H groups in total. The number of hydrogen-bond acceptors (Lipinski definition) is 5. The van der Waals surface area contributed by atoms with Crippen LogP contribution < -0.4 is 5.56 Å². The van der Waals surface area contributed by atoms with Gasteiger partial charge in [-0.2, -0.15) is 8.42 Å². The standard InChI is InChI=1S/C24H19FN2O4S/c1-15-7-10-17(11-8-15)32(29,30)31-14-21(25)20-13-16(2)9-12-18(20)23-26-22-6-4-3-5-19(22)24(28)27-23/h3-14H,1-2H3,(H,26,27,28)/b21-14-. The highest BCUT2D eigenvalue weighted by Crippen LogP contribution is 2.29. The molecule has 1 aromatic heterocycles. The van der Waals surface area contributed by atoms with Gasteiger partial charge in [0, 0.05) is 11.1 Å². The van der Waals surface area contributed by atoms with Crippen LogP contribution in [0.5, 0.6) is 0 Å². The van der Waals surface area contributed by atoms with E-state index in [1.54, 1.807) is 55.5 Å². The summed E-state index contributed by atoms with van der Waals surface area (Å²) < 4.78 is 44.8. The lowest BCUT2D eigenvalue weighted by atomic mass is 10.0. The van der Waals surface area contributed by atoms with Crippen LogP contribution in [0.2, 0.25) is 0 Å². The SMILES string of the molecule is Cc1ccc(S(=O)(=O)O/C=C(\F)c2cc(C)ccc2-c2nc3ccccc3c(=O)[nH]2)cc1. The molecule has 0 saturated carbocycles. The van der Waals surface area contributed by atoms with Gasteiger partial charge < -0.3 is 9.17 Å². The van der Waals surface area contributed by atoms with Gasteiger partial charge in [-0.1, -0.05) is 47.5 Å². The van der Waals surface area contributed by atoms with E-state index in [0.29, 0.717) is 22.7 Å². The van der Waals surface area contributed by atoms with E-state index in [0.717, 1.165) is 11.1 Å². The molecule has 4 aromatic rings. The van der Waals surface area contributed by atoms with Crippen LogP contribution in [0.3, 0.4) is 0 Å². The van der Waals surface area contributed by atoms with Gasteiger partial charge in [0.2, 0.25) is 0 Å². The second kappa shape index (κ2) is 8.39. The Morgan fingerprint density at radius 2 is 1.69 bits per heavy atom. The van der Waals surface area contributed by atoms with E-state index in [1.165, 1.54) is 18.2 Å². The average molecular weight is 450 g/mol. The first-order valence-electron chi connectivity index (χ1n) is 9.71. The molecule has 3 aromatic carbocycles. The first kappa shape index (κ1) is 21.5. The molecule has 0 aliphatic heterocycles. The van der Waals surface area contributed by atoms with Crippen LogP contribution in [-0.4, -0.2) is 18.4 Å². The number of para-hydroxylation sites is 1. The molecule has 4 rings (SSSR count). The van der Waals surface area contributed by atoms with Gasteiger partial charge in [0.1, 0.15) is 17.0 Å². The normalized spacial score (nSPS) is 12.2. The summed E-state index contributed by atoms with van der Waals surface area (Å²) in [5, 5.41) is 0.411.